The van der Waals surface area contributed by atoms with E-state index >= 15 is 0 Å². The molecule has 0 atom stereocenters. The Kier molecular flexibility index (Phi) is 18.1. The van der Waals surface area contributed by atoms with Gasteiger partial charge in [0, 0.05) is 136 Å². The minimum absolute atomic E-state index is 0.978. The number of fused-ring (bicyclic) bond motifs is 15. The van der Waals surface area contributed by atoms with Gasteiger partial charge in [0.1, 0.15) is 11.3 Å². The maximum atomic E-state index is 4.59. The van der Waals surface area contributed by atoms with E-state index < -0.39 is 0 Å². The summed E-state index contributed by atoms with van der Waals surface area (Å²) < 4.78 is 16.7. The zero-order valence-electron chi connectivity index (χ0n) is 53.1. The fraction of sp³-hybridized carbons (Fsp3) is 0. The lowest BCUT2D eigenvalue weighted by Crippen LogP contribution is -1.94. The van der Waals surface area contributed by atoms with Gasteiger partial charge in [-0.3, -0.25) is 24.1 Å². The van der Waals surface area contributed by atoms with Gasteiger partial charge in [-0.15, -0.1) is 0 Å². The fourth-order valence-electron chi connectivity index (χ4n) is 13.5. The largest absolute Gasteiger partial charge is 0.309 e. The second kappa shape index (κ2) is 28.3. The molecule has 480 valence electrons. The highest BCUT2D eigenvalue weighted by molar-refractivity contribution is 9.11. The van der Waals surface area contributed by atoms with Crippen LogP contribution in [0.3, 0.4) is 0 Å². The van der Waals surface area contributed by atoms with Crippen LogP contribution in [0.4, 0.5) is 0 Å². The lowest BCUT2D eigenvalue weighted by molar-refractivity contribution is 1.13. The number of rotatable bonds is 5. The van der Waals surface area contributed by atoms with Crippen LogP contribution < -0.4 is 0 Å². The van der Waals surface area contributed by atoms with Crippen molar-refractivity contribution in [3.05, 3.63) is 357 Å². The number of nitrogens with zero attached hydrogens (tertiary/aromatic N) is 10. The van der Waals surface area contributed by atoms with E-state index in [0.717, 1.165) is 89.4 Å². The maximum absolute atomic E-state index is 4.59. The highest BCUT2D eigenvalue weighted by Crippen LogP contribution is 2.41. The van der Waals surface area contributed by atoms with Gasteiger partial charge < -0.3 is 13.7 Å². The molecule has 100 heavy (non-hydrogen) atoms. The molecule has 0 fully saturated rings. The van der Waals surface area contributed by atoms with E-state index in [0.29, 0.717) is 0 Å². The van der Waals surface area contributed by atoms with Gasteiger partial charge in [0.15, 0.2) is 0 Å². The lowest BCUT2D eigenvalue weighted by Gasteiger charge is -2.07. The number of para-hydroxylation sites is 6. The molecule has 0 saturated carbocycles. The molecule has 0 radical (unpaired) electrons. The van der Waals surface area contributed by atoms with Gasteiger partial charge in [-0.05, 0) is 174 Å². The molecule has 10 aromatic carbocycles. The van der Waals surface area contributed by atoms with Crippen molar-refractivity contribution in [1.29, 1.82) is 0 Å². The third-order valence-corrected chi connectivity index (χ3v) is 21.0. The first-order valence-electron chi connectivity index (χ1n) is 32.2. The Morgan fingerprint density at radius 2 is 0.560 bits per heavy atom. The van der Waals surface area contributed by atoms with Crippen LogP contribution in [0, 0.1) is 0 Å². The third kappa shape index (κ3) is 11.9. The van der Waals surface area contributed by atoms with Crippen LogP contribution in [-0.4, -0.2) is 47.8 Å². The quantitative estimate of drug-likeness (QED) is 0.171. The summed E-state index contributed by atoms with van der Waals surface area (Å²) in [6.45, 7) is 0. The topological polar surface area (TPSA) is 89.1 Å². The molecule has 20 rings (SSSR count). The average molecular weight is 1620 g/mol. The van der Waals surface area contributed by atoms with Gasteiger partial charge in [-0.25, -0.2) is 9.97 Å². The Morgan fingerprint density at radius 1 is 0.200 bits per heavy atom. The average Bonchev–Trinajstić information content (AvgIpc) is 1.64. The minimum atomic E-state index is 0.978. The molecule has 10 nitrogen and oxygen atoms in total. The van der Waals surface area contributed by atoms with Crippen molar-refractivity contribution in [3.63, 3.8) is 0 Å². The number of halogens is 5. The number of hydrogen-bond donors (Lipinski definition) is 0. The fourth-order valence-corrected chi connectivity index (χ4v) is 16.3. The molecule has 15 heteroatoms. The van der Waals surface area contributed by atoms with E-state index in [1.54, 1.807) is 0 Å². The van der Waals surface area contributed by atoms with Crippen LogP contribution in [0.25, 0.3) is 138 Å². The standard InChI is InChI=1S/5C17H11BrN2/c18-14-9-4-10-15-16(14)13-8-5-11-19-17(13)20(15)12-6-2-1-3-7-12;18-13-8-4-9-14-16(13)17-15(10-5-11-19-17)20(14)12-6-2-1-3-7-12;18-14-10-11-19-17-16(14)13-8-4-5-9-15(13)20(17)12-6-2-1-3-7-12;18-14-7-4-8-16-17(14)13-11-19-10-9-15(13)20(16)12-5-2-1-3-6-12;18-14-7-4-8-15-17(14)13-9-10-19-11-16(13)20(15)12-5-2-1-3-6-12/h5*1-11H. The first kappa shape index (κ1) is 64.1. The van der Waals surface area contributed by atoms with Gasteiger partial charge in [-0.1, -0.05) is 197 Å². The monoisotopic (exact) mass is 1610 g/mol. The molecule has 0 aliphatic carbocycles. The molecule has 0 aliphatic rings. The predicted octanol–water partition coefficient (Wildman–Crippen LogP) is 24.7. The van der Waals surface area contributed by atoms with Gasteiger partial charge in [-0.2, -0.15) is 0 Å². The molecule has 10 heterocycles. The lowest BCUT2D eigenvalue weighted by atomic mass is 10.2. The van der Waals surface area contributed by atoms with Gasteiger partial charge in [0.2, 0.25) is 0 Å². The maximum Gasteiger partial charge on any atom is 0.146 e. The SMILES string of the molecule is Brc1cccc2c1c1cccnc1n2-c1ccccc1.Brc1cccc2c1c1ccncc1n2-c1ccccc1.Brc1cccc2c1c1cnccc1n2-c1ccccc1.Brc1cccc2c1c1ncccc1n2-c1ccccc1.Brc1ccnc2c1c1ccccc1n2-c1ccccc1. The molecular formula is C85H55Br5N10. The van der Waals surface area contributed by atoms with Gasteiger partial charge >= 0.3 is 0 Å². The molecule has 0 spiro atoms. The van der Waals surface area contributed by atoms with E-state index in [2.05, 4.69) is 346 Å². The molecule has 10 aromatic heterocycles. The molecule has 20 aromatic rings. The summed E-state index contributed by atoms with van der Waals surface area (Å²) in [4.78, 5) is 22.3. The smallest absolute Gasteiger partial charge is 0.146 e. The van der Waals surface area contributed by atoms with Gasteiger partial charge in [0.25, 0.3) is 0 Å². The predicted molar refractivity (Wildman–Crippen MR) is 431 cm³/mol. The highest BCUT2D eigenvalue weighted by atomic mass is 79.9. The highest BCUT2D eigenvalue weighted by Gasteiger charge is 2.20. The van der Waals surface area contributed by atoms with Crippen molar-refractivity contribution < 1.29 is 0 Å². The summed E-state index contributed by atoms with van der Waals surface area (Å²) >= 11 is 18.3. The molecular weight excluding hydrogens is 1560 g/mol. The number of benzene rings is 10. The Balaban J connectivity index is 0.0000000972. The van der Waals surface area contributed by atoms with Crippen LogP contribution in [0.5, 0.6) is 0 Å². The first-order chi connectivity index (χ1) is 49.3. The van der Waals surface area contributed by atoms with Crippen molar-refractivity contribution >= 4 is 189 Å². The molecule has 0 saturated heterocycles. The van der Waals surface area contributed by atoms with Crippen LogP contribution in [-0.2, 0) is 0 Å². The van der Waals surface area contributed by atoms with Crippen molar-refractivity contribution in [2.75, 3.05) is 0 Å². The second-order valence-corrected chi connectivity index (χ2v) is 27.7. The summed E-state index contributed by atoms with van der Waals surface area (Å²) in [7, 11) is 0. The summed E-state index contributed by atoms with van der Waals surface area (Å²) in [5, 5.41) is 10.7. The zero-order chi connectivity index (χ0) is 67.6. The van der Waals surface area contributed by atoms with E-state index in [4.69, 9.17) is 0 Å². The molecule has 0 amide bonds. The van der Waals surface area contributed by atoms with E-state index in [9.17, 15) is 0 Å². The Hall–Kier alpha value is -10.7. The molecule has 0 bridgehead atoms. The molecule has 0 N–H and O–H groups in total. The van der Waals surface area contributed by atoms with Gasteiger partial charge in [0.05, 0.1) is 55.8 Å². The van der Waals surface area contributed by atoms with E-state index in [1.165, 1.54) is 70.8 Å². The van der Waals surface area contributed by atoms with E-state index in [1.807, 2.05) is 116 Å². The number of aromatic nitrogens is 10. The van der Waals surface area contributed by atoms with E-state index in [-0.39, 0.29) is 0 Å². The van der Waals surface area contributed by atoms with Crippen LogP contribution in [0.2, 0.25) is 0 Å². The number of pyridine rings is 5. The minimum Gasteiger partial charge on any atom is -0.309 e. The second-order valence-electron chi connectivity index (χ2n) is 23.4. The van der Waals surface area contributed by atoms with Crippen molar-refractivity contribution in [2.24, 2.45) is 0 Å². The Morgan fingerprint density at radius 3 is 1.14 bits per heavy atom. The molecule has 0 unspecified atom stereocenters. The van der Waals surface area contributed by atoms with Crippen LogP contribution in [0.1, 0.15) is 0 Å². The summed E-state index contributed by atoms with van der Waals surface area (Å²) in [6.07, 6.45) is 13.1. The normalized spacial score (nSPS) is 11.2. The Bertz CT molecular complexity index is 5450. The van der Waals surface area contributed by atoms with Crippen LogP contribution >= 0.6 is 79.6 Å². The summed E-state index contributed by atoms with van der Waals surface area (Å²) in [5.74, 6) is 0. The van der Waals surface area contributed by atoms with Crippen molar-refractivity contribution in [2.45, 2.75) is 0 Å². The summed E-state index contributed by atoms with van der Waals surface area (Å²) in [6, 6.07) is 99.7. The summed E-state index contributed by atoms with van der Waals surface area (Å²) in [5.41, 5.74) is 18.0. The van der Waals surface area contributed by atoms with Crippen molar-refractivity contribution in [3.8, 4) is 28.4 Å². The Labute approximate surface area is 616 Å². The first-order valence-corrected chi connectivity index (χ1v) is 36.2. The van der Waals surface area contributed by atoms with Crippen molar-refractivity contribution in [1.82, 2.24) is 47.8 Å². The molecule has 0 aliphatic heterocycles. The number of hydrogen-bond acceptors (Lipinski definition) is 5. The third-order valence-electron chi connectivity index (χ3n) is 17.7. The van der Waals surface area contributed by atoms with Crippen LogP contribution in [0.15, 0.2) is 357 Å². The zero-order valence-corrected chi connectivity index (χ0v) is 61.0.